The molecular weight excluding hydrogens is 274 g/mol. The first-order valence-corrected chi connectivity index (χ1v) is 6.20. The monoisotopic (exact) mass is 287 g/mol. The summed E-state index contributed by atoms with van der Waals surface area (Å²) in [7, 11) is 0. The van der Waals surface area contributed by atoms with Crippen LogP contribution in [0.2, 0.25) is 0 Å². The van der Waals surface area contributed by atoms with E-state index in [1.807, 2.05) is 6.92 Å². The second-order valence-corrected chi connectivity index (χ2v) is 3.97. The Morgan fingerprint density at radius 2 is 1.76 bits per heavy atom. The van der Waals surface area contributed by atoms with Gasteiger partial charge in [-0.05, 0) is 31.2 Å². The summed E-state index contributed by atoms with van der Waals surface area (Å²) < 4.78 is 5.29. The molecule has 1 heterocycles. The van der Waals surface area contributed by atoms with Crippen molar-refractivity contribution in [1.82, 2.24) is 9.97 Å². The summed E-state index contributed by atoms with van der Waals surface area (Å²) in [6.07, 6.45) is 2.48. The van der Waals surface area contributed by atoms with E-state index in [9.17, 15) is 9.59 Å². The highest BCUT2D eigenvalue weighted by Crippen LogP contribution is 2.16. The van der Waals surface area contributed by atoms with E-state index in [-0.39, 0.29) is 11.4 Å². The van der Waals surface area contributed by atoms with E-state index in [4.69, 9.17) is 9.84 Å². The molecule has 7 nitrogen and oxygen atoms in total. The van der Waals surface area contributed by atoms with E-state index in [1.165, 1.54) is 12.4 Å². The van der Waals surface area contributed by atoms with Crippen LogP contribution in [-0.4, -0.2) is 33.6 Å². The van der Waals surface area contributed by atoms with Gasteiger partial charge in [-0.1, -0.05) is 0 Å². The number of hydrogen-bond acceptors (Lipinski definition) is 5. The Labute approximate surface area is 120 Å². The molecule has 0 fully saturated rings. The highest BCUT2D eigenvalue weighted by Gasteiger charge is 2.19. The molecule has 108 valence electrons. The number of benzene rings is 1. The summed E-state index contributed by atoms with van der Waals surface area (Å²) in [6.45, 7) is 2.42. The molecule has 0 saturated heterocycles. The minimum atomic E-state index is -1.31. The van der Waals surface area contributed by atoms with Gasteiger partial charge in [0, 0.05) is 18.1 Å². The van der Waals surface area contributed by atoms with Gasteiger partial charge in [-0.2, -0.15) is 0 Å². The predicted octanol–water partition coefficient (Wildman–Crippen LogP) is 1.83. The molecular formula is C14H13N3O4. The van der Waals surface area contributed by atoms with E-state index < -0.39 is 11.9 Å². The van der Waals surface area contributed by atoms with Gasteiger partial charge >= 0.3 is 5.97 Å². The van der Waals surface area contributed by atoms with Crippen LogP contribution in [-0.2, 0) is 0 Å². The van der Waals surface area contributed by atoms with Gasteiger partial charge in [0.25, 0.3) is 5.91 Å². The molecule has 0 aliphatic heterocycles. The van der Waals surface area contributed by atoms with Crippen molar-refractivity contribution in [2.45, 2.75) is 6.92 Å². The van der Waals surface area contributed by atoms with Gasteiger partial charge in [-0.3, -0.25) is 4.79 Å². The predicted molar refractivity (Wildman–Crippen MR) is 74.6 cm³/mol. The maximum Gasteiger partial charge on any atom is 0.356 e. The number of carboxylic acid groups (broad SMARTS) is 1. The van der Waals surface area contributed by atoms with Crippen molar-refractivity contribution in [3.05, 3.63) is 48.0 Å². The van der Waals surface area contributed by atoms with Crippen LogP contribution in [0, 0.1) is 0 Å². The molecule has 0 spiro atoms. The number of aromatic nitrogens is 2. The first kappa shape index (κ1) is 14.4. The number of nitrogens with one attached hydrogen (secondary N) is 1. The molecule has 0 atom stereocenters. The van der Waals surface area contributed by atoms with Gasteiger partial charge in [-0.25, -0.2) is 14.8 Å². The summed E-state index contributed by atoms with van der Waals surface area (Å²) in [5, 5.41) is 11.5. The van der Waals surface area contributed by atoms with E-state index in [2.05, 4.69) is 15.3 Å². The number of carbonyl (C=O) groups excluding carboxylic acids is 1. The van der Waals surface area contributed by atoms with Crippen molar-refractivity contribution < 1.29 is 19.4 Å². The number of nitrogens with zero attached hydrogens (tertiary/aromatic N) is 2. The van der Waals surface area contributed by atoms with E-state index in [1.54, 1.807) is 24.3 Å². The molecule has 1 aromatic heterocycles. The standard InChI is InChI=1S/C14H13N3O4/c1-2-21-10-5-3-9(4-6-10)17-13(18)11-12(14(19)20)16-8-7-15-11/h3-8H,2H2,1H3,(H,17,18)(H,19,20). The van der Waals surface area contributed by atoms with Crippen molar-refractivity contribution in [3.8, 4) is 5.75 Å². The average molecular weight is 287 g/mol. The van der Waals surface area contributed by atoms with Crippen LogP contribution in [0.25, 0.3) is 0 Å². The Balaban J connectivity index is 2.16. The first-order valence-electron chi connectivity index (χ1n) is 6.20. The number of ether oxygens (including phenoxy) is 1. The summed E-state index contributed by atoms with van der Waals surface area (Å²) >= 11 is 0. The van der Waals surface area contributed by atoms with Gasteiger partial charge in [0.05, 0.1) is 6.61 Å². The van der Waals surface area contributed by atoms with Crippen molar-refractivity contribution >= 4 is 17.6 Å². The number of rotatable bonds is 5. The van der Waals surface area contributed by atoms with Crippen LogP contribution < -0.4 is 10.1 Å². The van der Waals surface area contributed by atoms with Gasteiger partial charge in [-0.15, -0.1) is 0 Å². The van der Waals surface area contributed by atoms with Crippen LogP contribution in [0.5, 0.6) is 5.75 Å². The molecule has 7 heteroatoms. The molecule has 0 unspecified atom stereocenters. The molecule has 0 radical (unpaired) electrons. The van der Waals surface area contributed by atoms with E-state index in [0.717, 1.165) is 0 Å². The topological polar surface area (TPSA) is 101 Å². The third-order valence-electron chi connectivity index (χ3n) is 2.54. The van der Waals surface area contributed by atoms with Crippen LogP contribution in [0.3, 0.4) is 0 Å². The van der Waals surface area contributed by atoms with Crippen molar-refractivity contribution in [1.29, 1.82) is 0 Å². The fraction of sp³-hybridized carbons (Fsp3) is 0.143. The number of anilines is 1. The fourth-order valence-electron chi connectivity index (χ4n) is 1.65. The Hall–Kier alpha value is -2.96. The highest BCUT2D eigenvalue weighted by atomic mass is 16.5. The third kappa shape index (κ3) is 3.53. The van der Waals surface area contributed by atoms with Crippen LogP contribution in [0.15, 0.2) is 36.7 Å². The highest BCUT2D eigenvalue weighted by molar-refractivity contribution is 6.08. The largest absolute Gasteiger partial charge is 0.494 e. The Morgan fingerprint density at radius 3 is 2.33 bits per heavy atom. The molecule has 2 N–H and O–H groups in total. The van der Waals surface area contributed by atoms with Gasteiger partial charge in [0.2, 0.25) is 0 Å². The SMILES string of the molecule is CCOc1ccc(NC(=O)c2nccnc2C(=O)O)cc1. The molecule has 0 saturated carbocycles. The van der Waals surface area contributed by atoms with E-state index in [0.29, 0.717) is 18.0 Å². The number of carboxylic acids is 1. The van der Waals surface area contributed by atoms with Crippen LogP contribution in [0.4, 0.5) is 5.69 Å². The third-order valence-corrected chi connectivity index (χ3v) is 2.54. The number of aromatic carboxylic acids is 1. The van der Waals surface area contributed by atoms with Crippen molar-refractivity contribution in [2.75, 3.05) is 11.9 Å². The van der Waals surface area contributed by atoms with E-state index >= 15 is 0 Å². The molecule has 21 heavy (non-hydrogen) atoms. The smallest absolute Gasteiger partial charge is 0.356 e. The summed E-state index contributed by atoms with van der Waals surface area (Å²) in [6, 6.07) is 6.71. The number of hydrogen-bond donors (Lipinski definition) is 2. The molecule has 0 aliphatic rings. The zero-order valence-corrected chi connectivity index (χ0v) is 11.2. The van der Waals surface area contributed by atoms with Crippen molar-refractivity contribution in [3.63, 3.8) is 0 Å². The summed E-state index contributed by atoms with van der Waals surface area (Å²) in [4.78, 5) is 30.4. The Bertz CT molecular complexity index is 656. The lowest BCUT2D eigenvalue weighted by molar-refractivity contribution is 0.0685. The maximum absolute atomic E-state index is 12.0. The second-order valence-electron chi connectivity index (χ2n) is 3.97. The van der Waals surface area contributed by atoms with Gasteiger partial charge < -0.3 is 15.2 Å². The molecule has 1 aromatic carbocycles. The van der Waals surface area contributed by atoms with Crippen LogP contribution in [0.1, 0.15) is 27.9 Å². The first-order chi connectivity index (χ1) is 10.1. The zero-order valence-electron chi connectivity index (χ0n) is 11.2. The van der Waals surface area contributed by atoms with Gasteiger partial charge in [0.1, 0.15) is 5.75 Å². The van der Waals surface area contributed by atoms with Crippen LogP contribution >= 0.6 is 0 Å². The molecule has 0 bridgehead atoms. The zero-order chi connectivity index (χ0) is 15.2. The fourth-order valence-corrected chi connectivity index (χ4v) is 1.65. The number of carbonyl (C=O) groups is 2. The average Bonchev–Trinajstić information content (AvgIpc) is 2.49. The molecule has 2 aromatic rings. The molecule has 2 rings (SSSR count). The maximum atomic E-state index is 12.0. The number of amides is 1. The van der Waals surface area contributed by atoms with Crippen molar-refractivity contribution in [2.24, 2.45) is 0 Å². The quantitative estimate of drug-likeness (QED) is 0.869. The Morgan fingerprint density at radius 1 is 1.14 bits per heavy atom. The summed E-state index contributed by atoms with van der Waals surface area (Å²) in [5.41, 5.74) is -0.120. The summed E-state index contributed by atoms with van der Waals surface area (Å²) in [5.74, 6) is -1.26. The lowest BCUT2D eigenvalue weighted by atomic mass is 10.2. The Kier molecular flexibility index (Phi) is 4.45. The normalized spacial score (nSPS) is 9.95. The molecule has 1 amide bonds. The second kappa shape index (κ2) is 6.47. The minimum absolute atomic E-state index is 0.237. The lowest BCUT2D eigenvalue weighted by Crippen LogP contribution is -2.19. The lowest BCUT2D eigenvalue weighted by Gasteiger charge is -2.07. The van der Waals surface area contributed by atoms with Gasteiger partial charge in [0.15, 0.2) is 11.4 Å². The minimum Gasteiger partial charge on any atom is -0.494 e. The molecule has 0 aliphatic carbocycles.